The second-order valence-electron chi connectivity index (χ2n) is 8.95. The maximum Gasteiger partial charge on any atom is 0.309 e. The van der Waals surface area contributed by atoms with Gasteiger partial charge in [0.1, 0.15) is 16.9 Å². The maximum absolute atomic E-state index is 12.2. The molecular formula is C28H25N5O2S. The third-order valence-corrected chi connectivity index (χ3v) is 8.00. The molecule has 0 radical (unpaired) electrons. The number of hydrogen-bond acceptors (Lipinski definition) is 6. The highest BCUT2D eigenvalue weighted by Crippen LogP contribution is 2.41. The van der Waals surface area contributed by atoms with Gasteiger partial charge in [0, 0.05) is 16.0 Å². The number of aryl methyl sites for hydroxylation is 2. The highest BCUT2D eigenvalue weighted by molar-refractivity contribution is 7.15. The predicted octanol–water partition coefficient (Wildman–Crippen LogP) is 5.80. The molecule has 0 saturated carbocycles. The molecule has 7 nitrogen and oxygen atoms in total. The van der Waals surface area contributed by atoms with E-state index in [9.17, 15) is 15.2 Å². The van der Waals surface area contributed by atoms with Gasteiger partial charge in [-0.1, -0.05) is 43.3 Å². The Morgan fingerprint density at radius 2 is 1.83 bits per heavy atom. The largest absolute Gasteiger partial charge is 0.481 e. The van der Waals surface area contributed by atoms with Crippen LogP contribution in [0.2, 0.25) is 0 Å². The molecule has 8 heteroatoms. The highest BCUT2D eigenvalue weighted by atomic mass is 32.1. The zero-order valence-corrected chi connectivity index (χ0v) is 21.3. The van der Waals surface area contributed by atoms with Gasteiger partial charge in [-0.15, -0.1) is 21.5 Å². The second kappa shape index (κ2) is 9.17. The Bertz CT molecular complexity index is 1560. The summed E-state index contributed by atoms with van der Waals surface area (Å²) in [6, 6.07) is 17.1. The number of hydrogen-bond donors (Lipinski definition) is 1. The lowest BCUT2D eigenvalue weighted by molar-refractivity contribution is -0.142. The normalized spacial score (nSPS) is 15.3. The van der Waals surface area contributed by atoms with Crippen molar-refractivity contribution >= 4 is 23.0 Å². The first-order chi connectivity index (χ1) is 17.3. The van der Waals surface area contributed by atoms with Crippen molar-refractivity contribution in [1.82, 2.24) is 14.8 Å². The molecule has 2 aromatic carbocycles. The summed E-state index contributed by atoms with van der Waals surface area (Å²) in [5.41, 5.74) is 6.33. The van der Waals surface area contributed by atoms with Crippen molar-refractivity contribution < 1.29 is 9.90 Å². The van der Waals surface area contributed by atoms with Gasteiger partial charge in [0.2, 0.25) is 0 Å². The van der Waals surface area contributed by atoms with Crippen molar-refractivity contribution in [2.45, 2.75) is 40.2 Å². The first kappa shape index (κ1) is 23.6. The SMILES string of the molecule is CCC(C(=O)O)[C@@H]1N=C(c2ccc(-c3cccc(C#N)c3)cc2)c2c(sc(C)c2C)-n2c(C)nnc21. The number of nitrogens with zero attached hydrogens (tertiary/aromatic N) is 5. The highest BCUT2D eigenvalue weighted by Gasteiger charge is 2.37. The first-order valence-corrected chi connectivity index (χ1v) is 12.6. The molecular weight excluding hydrogens is 470 g/mol. The number of aliphatic carboxylic acids is 1. The number of carbonyl (C=O) groups is 1. The molecule has 0 aliphatic carbocycles. The second-order valence-corrected chi connectivity index (χ2v) is 10.2. The van der Waals surface area contributed by atoms with E-state index in [4.69, 9.17) is 4.99 Å². The minimum absolute atomic E-state index is 0.419. The van der Waals surface area contributed by atoms with Gasteiger partial charge in [-0.3, -0.25) is 14.4 Å². The molecule has 2 aromatic heterocycles. The quantitative estimate of drug-likeness (QED) is 0.377. The van der Waals surface area contributed by atoms with Crippen molar-refractivity contribution in [2.24, 2.45) is 10.9 Å². The first-order valence-electron chi connectivity index (χ1n) is 11.8. The predicted molar refractivity (Wildman–Crippen MR) is 140 cm³/mol. The Kier molecular flexibility index (Phi) is 6.02. The van der Waals surface area contributed by atoms with E-state index < -0.39 is 17.9 Å². The number of nitriles is 1. The molecule has 5 rings (SSSR count). The molecule has 1 aliphatic heterocycles. The zero-order chi connectivity index (χ0) is 25.6. The van der Waals surface area contributed by atoms with Gasteiger partial charge in [-0.25, -0.2) is 0 Å². The molecule has 1 aliphatic rings. The summed E-state index contributed by atoms with van der Waals surface area (Å²) in [7, 11) is 0. The lowest BCUT2D eigenvalue weighted by Crippen LogP contribution is -2.23. The molecule has 36 heavy (non-hydrogen) atoms. The summed E-state index contributed by atoms with van der Waals surface area (Å²) in [5.74, 6) is -0.361. The van der Waals surface area contributed by atoms with Gasteiger partial charge >= 0.3 is 5.97 Å². The van der Waals surface area contributed by atoms with Crippen LogP contribution in [0.5, 0.6) is 0 Å². The van der Waals surface area contributed by atoms with Crippen LogP contribution in [-0.2, 0) is 4.79 Å². The van der Waals surface area contributed by atoms with Gasteiger partial charge < -0.3 is 5.11 Å². The van der Waals surface area contributed by atoms with Gasteiger partial charge in [0.15, 0.2) is 5.82 Å². The number of carboxylic acids is 1. The summed E-state index contributed by atoms with van der Waals surface area (Å²) < 4.78 is 1.98. The van der Waals surface area contributed by atoms with Crippen LogP contribution in [-0.4, -0.2) is 31.6 Å². The fraction of sp³-hybridized carbons (Fsp3) is 0.250. The molecule has 0 spiro atoms. The van der Waals surface area contributed by atoms with E-state index in [0.29, 0.717) is 23.6 Å². The number of benzene rings is 2. The average Bonchev–Trinajstić information content (AvgIpc) is 3.35. The van der Waals surface area contributed by atoms with Crippen LogP contribution in [0.1, 0.15) is 58.2 Å². The molecule has 0 fully saturated rings. The van der Waals surface area contributed by atoms with Crippen molar-refractivity contribution in [1.29, 1.82) is 5.26 Å². The lowest BCUT2D eigenvalue weighted by atomic mass is 9.94. The number of aromatic nitrogens is 3. The van der Waals surface area contributed by atoms with E-state index in [2.05, 4.69) is 30.1 Å². The van der Waals surface area contributed by atoms with Crippen molar-refractivity contribution in [3.8, 4) is 22.2 Å². The van der Waals surface area contributed by atoms with Crippen LogP contribution < -0.4 is 0 Å². The Labute approximate surface area is 213 Å². The van der Waals surface area contributed by atoms with Gasteiger partial charge in [0.25, 0.3) is 0 Å². The summed E-state index contributed by atoms with van der Waals surface area (Å²) in [5, 5.41) is 29.0. The Hall–Kier alpha value is -4.09. The molecule has 0 saturated heterocycles. The Morgan fingerprint density at radius 1 is 1.11 bits per heavy atom. The summed E-state index contributed by atoms with van der Waals surface area (Å²) in [4.78, 5) is 18.5. The minimum atomic E-state index is -0.899. The number of carboxylic acid groups (broad SMARTS) is 1. The molecule has 4 aromatic rings. The summed E-state index contributed by atoms with van der Waals surface area (Å²) >= 11 is 1.65. The van der Waals surface area contributed by atoms with E-state index in [0.717, 1.165) is 38.5 Å². The standard InChI is InChI=1S/C28H25N5O2S/c1-5-22(28(34)35)25-26-32-31-17(4)33(26)27-23(15(2)16(3)36-27)24(30-25)20-11-9-19(10-12-20)21-8-6-7-18(13-21)14-29/h6-13,22,25H,5H2,1-4H3,(H,34,35)/t22?,25-/m0/s1. The lowest BCUT2D eigenvalue weighted by Gasteiger charge is -2.19. The van der Waals surface area contributed by atoms with Crippen LogP contribution in [0.3, 0.4) is 0 Å². The molecule has 3 heterocycles. The van der Waals surface area contributed by atoms with Crippen molar-refractivity contribution in [2.75, 3.05) is 0 Å². The molecule has 1 unspecified atom stereocenters. The van der Waals surface area contributed by atoms with Crippen LogP contribution in [0.25, 0.3) is 16.1 Å². The number of aliphatic imine (C=N–C) groups is 1. The number of rotatable bonds is 5. The fourth-order valence-electron chi connectivity index (χ4n) is 4.74. The fourth-order valence-corrected chi connectivity index (χ4v) is 5.95. The van der Waals surface area contributed by atoms with Crippen molar-refractivity contribution in [3.63, 3.8) is 0 Å². The number of fused-ring (bicyclic) bond motifs is 3. The summed E-state index contributed by atoms with van der Waals surface area (Å²) in [6.45, 7) is 7.91. The van der Waals surface area contributed by atoms with E-state index in [-0.39, 0.29) is 0 Å². The van der Waals surface area contributed by atoms with E-state index in [1.54, 1.807) is 17.4 Å². The van der Waals surface area contributed by atoms with E-state index >= 15 is 0 Å². The van der Waals surface area contributed by atoms with Crippen LogP contribution in [0.4, 0.5) is 0 Å². The maximum atomic E-state index is 12.2. The molecule has 0 bridgehead atoms. The topological polar surface area (TPSA) is 104 Å². The van der Waals surface area contributed by atoms with Gasteiger partial charge in [-0.2, -0.15) is 5.26 Å². The van der Waals surface area contributed by atoms with Crippen LogP contribution >= 0.6 is 11.3 Å². The monoisotopic (exact) mass is 495 g/mol. The molecule has 0 amide bonds. The molecule has 2 atom stereocenters. The molecule has 180 valence electrons. The Morgan fingerprint density at radius 3 is 2.50 bits per heavy atom. The van der Waals surface area contributed by atoms with Crippen LogP contribution in [0.15, 0.2) is 53.5 Å². The van der Waals surface area contributed by atoms with Gasteiger partial charge in [0.05, 0.1) is 23.3 Å². The van der Waals surface area contributed by atoms with E-state index in [1.165, 1.54) is 4.88 Å². The third-order valence-electron chi connectivity index (χ3n) is 6.81. The van der Waals surface area contributed by atoms with Gasteiger partial charge in [-0.05, 0) is 56.0 Å². The van der Waals surface area contributed by atoms with Crippen LogP contribution in [0, 0.1) is 38.0 Å². The minimum Gasteiger partial charge on any atom is -0.481 e. The Balaban J connectivity index is 1.71. The summed E-state index contributed by atoms with van der Waals surface area (Å²) in [6.07, 6.45) is 0.419. The smallest absolute Gasteiger partial charge is 0.309 e. The van der Waals surface area contributed by atoms with E-state index in [1.807, 2.05) is 60.9 Å². The number of thiophene rings is 1. The zero-order valence-electron chi connectivity index (χ0n) is 20.5. The average molecular weight is 496 g/mol. The third kappa shape index (κ3) is 3.82. The van der Waals surface area contributed by atoms with Crippen molar-refractivity contribution in [3.05, 3.63) is 87.3 Å². The molecule has 1 N–H and O–H groups in total.